The number of unbranched alkanes of at least 4 members (excludes halogenated alkanes) is 4. The summed E-state index contributed by atoms with van der Waals surface area (Å²) in [7, 11) is 0. The molecule has 0 spiro atoms. The Labute approximate surface area is 243 Å². The average molecular weight is 596 g/mol. The molecule has 7 N–H and O–H groups in total. The summed E-state index contributed by atoms with van der Waals surface area (Å²) in [6, 6.07) is 0. The van der Waals surface area contributed by atoms with Crippen molar-refractivity contribution < 1.29 is 50.0 Å². The zero-order valence-electron chi connectivity index (χ0n) is 24.5. The highest BCUT2D eigenvalue weighted by Gasteiger charge is 2.16. The van der Waals surface area contributed by atoms with E-state index >= 15 is 0 Å². The molecule has 0 radical (unpaired) electrons. The molecule has 0 unspecified atom stereocenters. The van der Waals surface area contributed by atoms with E-state index < -0.39 is 12.3 Å². The summed E-state index contributed by atoms with van der Waals surface area (Å²) in [6.45, 7) is 6.89. The van der Waals surface area contributed by atoms with Crippen LogP contribution in [0.15, 0.2) is 0 Å². The van der Waals surface area contributed by atoms with Gasteiger partial charge in [0.2, 0.25) is 11.8 Å². The van der Waals surface area contributed by atoms with Crippen molar-refractivity contribution in [1.82, 2.24) is 25.3 Å². The second-order valence-electron chi connectivity index (χ2n) is 9.87. The first-order valence-electron chi connectivity index (χ1n) is 14.5. The summed E-state index contributed by atoms with van der Waals surface area (Å²) < 4.78 is 0. The molecule has 0 bridgehead atoms. The van der Waals surface area contributed by atoms with Crippen molar-refractivity contribution in [1.29, 1.82) is 0 Å². The molecule has 0 aromatic rings. The molecule has 0 atom stereocenters. The Morgan fingerprint density at radius 1 is 0.683 bits per heavy atom. The van der Waals surface area contributed by atoms with E-state index in [0.717, 1.165) is 25.7 Å². The number of nitrogens with zero attached hydrogens (tertiary/aromatic N) is 3. The van der Waals surface area contributed by atoms with Gasteiger partial charge in [-0.2, -0.15) is 0 Å². The summed E-state index contributed by atoms with van der Waals surface area (Å²) in [6.07, 6.45) is 3.49. The molecule has 0 saturated heterocycles. The smallest absolute Gasteiger partial charge is 0.303 e. The Morgan fingerprint density at radius 2 is 1.20 bits per heavy atom. The number of rotatable bonds is 29. The lowest BCUT2D eigenvalue weighted by Gasteiger charge is -2.29. The highest BCUT2D eigenvalue weighted by Crippen LogP contribution is 2.02. The highest BCUT2D eigenvalue weighted by molar-refractivity contribution is 5.78. The lowest BCUT2D eigenvalue weighted by atomic mass is 10.1. The third kappa shape index (κ3) is 25.5. The number of carboxylic acids is 1. The van der Waals surface area contributed by atoms with Gasteiger partial charge in [0.05, 0.1) is 19.8 Å². The van der Waals surface area contributed by atoms with Crippen molar-refractivity contribution in [3.05, 3.63) is 0 Å². The van der Waals surface area contributed by atoms with Crippen molar-refractivity contribution in [2.24, 2.45) is 0 Å². The van der Waals surface area contributed by atoms with Gasteiger partial charge in [0.1, 0.15) is 0 Å². The number of aliphatic hydroxyl groups excluding tert-OH is 1. The standard InChI is InChI=1S/C26H53N5O10/c1-2-29(22-26(36)37)13-15-31(16-14-30(17-19-40-38)18-20-41-39)21-24(33)28-12-7-3-5-9-23(32)27-11-8-4-6-10-25(34)35/h26,36-39H,2-22H2,1H3,(H,27,32)(H,28,33)(H,34,35). The van der Waals surface area contributed by atoms with E-state index in [1.54, 1.807) is 0 Å². The number of aliphatic carboxylic acids is 1. The van der Waals surface area contributed by atoms with Gasteiger partial charge in [-0.15, -0.1) is 0 Å². The number of carbonyl (C=O) groups is 3. The normalized spacial score (nSPS) is 11.6. The maximum Gasteiger partial charge on any atom is 0.303 e. The monoisotopic (exact) mass is 595 g/mol. The van der Waals surface area contributed by atoms with Crippen molar-refractivity contribution in [2.75, 3.05) is 85.2 Å². The number of carbonyl (C=O) groups excluding carboxylic acids is 2. The molecule has 0 aliphatic carbocycles. The number of aliphatic hydroxyl groups is 2. The Hall–Kier alpha value is -1.95. The predicted octanol–water partition coefficient (Wildman–Crippen LogP) is -0.360. The van der Waals surface area contributed by atoms with E-state index in [4.69, 9.17) is 15.6 Å². The van der Waals surface area contributed by atoms with E-state index in [0.29, 0.717) is 78.2 Å². The minimum absolute atomic E-state index is 0.0251. The first-order chi connectivity index (χ1) is 19.7. The largest absolute Gasteiger partial charge is 0.481 e. The second kappa shape index (κ2) is 26.9. The first kappa shape index (κ1) is 39.0. The van der Waals surface area contributed by atoms with Crippen molar-refractivity contribution in [3.63, 3.8) is 0 Å². The van der Waals surface area contributed by atoms with E-state index in [1.165, 1.54) is 0 Å². The van der Waals surface area contributed by atoms with Gasteiger partial charge in [-0.05, 0) is 32.2 Å². The van der Waals surface area contributed by atoms with Crippen molar-refractivity contribution in [2.45, 2.75) is 64.6 Å². The lowest BCUT2D eigenvalue weighted by Crippen LogP contribution is -2.46. The number of likely N-dealkylation sites (N-methyl/N-ethyl adjacent to an activating group) is 1. The van der Waals surface area contributed by atoms with Crippen LogP contribution in [0.3, 0.4) is 0 Å². The zero-order chi connectivity index (χ0) is 30.7. The molecule has 0 heterocycles. The molecule has 0 saturated carbocycles. The van der Waals surface area contributed by atoms with E-state index in [1.807, 2.05) is 21.6 Å². The summed E-state index contributed by atoms with van der Waals surface area (Å²) >= 11 is 0. The van der Waals surface area contributed by atoms with E-state index in [2.05, 4.69) is 20.4 Å². The van der Waals surface area contributed by atoms with Crippen LogP contribution in [0.2, 0.25) is 0 Å². The van der Waals surface area contributed by atoms with Crippen LogP contribution >= 0.6 is 0 Å². The second-order valence-corrected chi connectivity index (χ2v) is 9.87. The van der Waals surface area contributed by atoms with Crippen molar-refractivity contribution >= 4 is 17.8 Å². The third-order valence-electron chi connectivity index (χ3n) is 6.49. The number of carboxylic acid groups (broad SMARTS) is 1. The zero-order valence-corrected chi connectivity index (χ0v) is 24.5. The minimum atomic E-state index is -1.44. The van der Waals surface area contributed by atoms with Crippen LogP contribution in [0.4, 0.5) is 0 Å². The maximum atomic E-state index is 12.6. The summed E-state index contributed by atoms with van der Waals surface area (Å²) in [4.78, 5) is 49.1. The molecule has 242 valence electrons. The van der Waals surface area contributed by atoms with Gasteiger partial charge in [-0.3, -0.25) is 39.6 Å². The maximum absolute atomic E-state index is 12.6. The molecule has 41 heavy (non-hydrogen) atoms. The van der Waals surface area contributed by atoms with Crippen LogP contribution in [-0.2, 0) is 24.2 Å². The van der Waals surface area contributed by atoms with Crippen molar-refractivity contribution in [3.8, 4) is 0 Å². The number of hydrogen-bond donors (Lipinski definition) is 7. The average Bonchev–Trinajstić information content (AvgIpc) is 2.93. The molecule has 0 aliphatic rings. The Morgan fingerprint density at radius 3 is 1.71 bits per heavy atom. The molecule has 15 nitrogen and oxygen atoms in total. The minimum Gasteiger partial charge on any atom is -0.481 e. The van der Waals surface area contributed by atoms with Gasteiger partial charge in [-0.25, -0.2) is 9.78 Å². The topological polar surface area (TPSA) is 205 Å². The van der Waals surface area contributed by atoms with Crippen LogP contribution in [0.1, 0.15) is 58.3 Å². The highest BCUT2D eigenvalue weighted by atomic mass is 17.1. The summed E-state index contributed by atoms with van der Waals surface area (Å²) in [5.74, 6) is -0.969. The Bertz CT molecular complexity index is 667. The number of amides is 2. The molecule has 15 heteroatoms. The molecular weight excluding hydrogens is 542 g/mol. The molecule has 0 aromatic heterocycles. The Kier molecular flexibility index (Phi) is 25.6. The fourth-order valence-electron chi connectivity index (χ4n) is 4.09. The van der Waals surface area contributed by atoms with Gasteiger partial charge >= 0.3 is 5.97 Å². The van der Waals surface area contributed by atoms with Crippen LogP contribution in [0.5, 0.6) is 0 Å². The summed E-state index contributed by atoms with van der Waals surface area (Å²) in [5, 5.41) is 50.3. The van der Waals surface area contributed by atoms with Crippen LogP contribution in [0.25, 0.3) is 0 Å². The fourth-order valence-corrected chi connectivity index (χ4v) is 4.09. The first-order valence-corrected chi connectivity index (χ1v) is 14.5. The predicted molar refractivity (Wildman–Crippen MR) is 151 cm³/mol. The lowest BCUT2D eigenvalue weighted by molar-refractivity contribution is -0.251. The fraction of sp³-hybridized carbons (Fsp3) is 0.885. The summed E-state index contributed by atoms with van der Waals surface area (Å²) in [5.41, 5.74) is 0. The van der Waals surface area contributed by atoms with Gasteiger partial charge in [0.15, 0.2) is 6.29 Å². The quantitative estimate of drug-likeness (QED) is 0.0256. The third-order valence-corrected chi connectivity index (χ3v) is 6.49. The van der Waals surface area contributed by atoms with Crippen LogP contribution < -0.4 is 10.6 Å². The SMILES string of the molecule is CCN(CCN(CCN(CCOO)CCOO)CC(=O)NCCCCCC(=O)NCCCCCC(=O)O)CC(O)O. The molecule has 0 fully saturated rings. The Balaban J connectivity index is 4.44. The molecule has 0 aliphatic heterocycles. The van der Waals surface area contributed by atoms with Crippen LogP contribution in [-0.4, -0.2) is 150 Å². The molecule has 0 aromatic carbocycles. The molecule has 0 rings (SSSR count). The number of hydrogen-bond acceptors (Lipinski definition) is 12. The van der Waals surface area contributed by atoms with Gasteiger partial charge in [0, 0.05) is 71.7 Å². The molecular formula is C26H53N5O10. The van der Waals surface area contributed by atoms with Gasteiger partial charge < -0.3 is 26.0 Å². The van der Waals surface area contributed by atoms with Gasteiger partial charge in [0.25, 0.3) is 0 Å². The molecule has 2 amide bonds. The van der Waals surface area contributed by atoms with Crippen LogP contribution in [0, 0.1) is 0 Å². The van der Waals surface area contributed by atoms with E-state index in [9.17, 15) is 24.6 Å². The van der Waals surface area contributed by atoms with E-state index in [-0.39, 0.29) is 44.5 Å². The number of nitrogens with one attached hydrogen (secondary N) is 2. The van der Waals surface area contributed by atoms with Gasteiger partial charge in [-0.1, -0.05) is 19.8 Å².